The molecule has 0 amide bonds. The zero-order valence-electron chi connectivity index (χ0n) is 8.60. The lowest BCUT2D eigenvalue weighted by atomic mass is 9.86. The lowest BCUT2D eigenvalue weighted by Crippen LogP contribution is -2.10. The Labute approximate surface area is 92.2 Å². The van der Waals surface area contributed by atoms with Crippen molar-refractivity contribution in [3.63, 3.8) is 0 Å². The molecule has 1 nitrogen and oxygen atoms in total. The number of furan rings is 1. The summed E-state index contributed by atoms with van der Waals surface area (Å²) in [5.41, 5.74) is 2.45. The average Bonchev–Trinajstić information content (AvgIpc) is 2.46. The highest BCUT2D eigenvalue weighted by Gasteiger charge is 2.15. The summed E-state index contributed by atoms with van der Waals surface area (Å²) in [6, 6.07) is 6.34. The van der Waals surface area contributed by atoms with Crippen LogP contribution in [0, 0.1) is 0 Å². The van der Waals surface area contributed by atoms with Crippen LogP contribution < -0.4 is 0 Å². The van der Waals surface area contributed by atoms with Gasteiger partial charge in [-0.25, -0.2) is 0 Å². The van der Waals surface area contributed by atoms with E-state index in [0.29, 0.717) is 0 Å². The van der Waals surface area contributed by atoms with E-state index >= 15 is 0 Å². The quantitative estimate of drug-likeness (QED) is 0.674. The number of fused-ring (bicyclic) bond motifs is 1. The maximum Gasteiger partial charge on any atom is 0.135 e. The Hall–Kier alpha value is -0.760. The van der Waals surface area contributed by atoms with Gasteiger partial charge in [-0.15, -0.1) is 0 Å². The van der Waals surface area contributed by atoms with Crippen molar-refractivity contribution >= 4 is 26.9 Å². The zero-order valence-corrected chi connectivity index (χ0v) is 10.2. The van der Waals surface area contributed by atoms with E-state index in [1.165, 1.54) is 5.56 Å². The van der Waals surface area contributed by atoms with Crippen LogP contribution in [0.25, 0.3) is 11.0 Å². The second kappa shape index (κ2) is 3.13. The molecule has 0 atom stereocenters. The normalized spacial score (nSPS) is 12.3. The molecule has 0 aliphatic rings. The van der Waals surface area contributed by atoms with Crippen molar-refractivity contribution < 1.29 is 4.42 Å². The fourth-order valence-electron chi connectivity index (χ4n) is 1.46. The molecule has 0 N–H and O–H groups in total. The minimum Gasteiger partial charge on any atom is -0.463 e. The Morgan fingerprint density at radius 2 is 1.93 bits per heavy atom. The van der Waals surface area contributed by atoms with Gasteiger partial charge in [0.05, 0.1) is 4.47 Å². The summed E-state index contributed by atoms with van der Waals surface area (Å²) in [4.78, 5) is 0. The third kappa shape index (κ3) is 1.59. The van der Waals surface area contributed by atoms with E-state index in [-0.39, 0.29) is 5.41 Å². The highest BCUT2D eigenvalue weighted by atomic mass is 79.9. The van der Waals surface area contributed by atoms with E-state index in [4.69, 9.17) is 4.42 Å². The van der Waals surface area contributed by atoms with E-state index in [2.05, 4.69) is 48.8 Å². The van der Waals surface area contributed by atoms with Gasteiger partial charge < -0.3 is 4.42 Å². The first-order chi connectivity index (χ1) is 6.48. The van der Waals surface area contributed by atoms with Crippen LogP contribution in [0.4, 0.5) is 0 Å². The summed E-state index contributed by atoms with van der Waals surface area (Å²) >= 11 is 3.47. The van der Waals surface area contributed by atoms with Crippen molar-refractivity contribution in [1.82, 2.24) is 0 Å². The van der Waals surface area contributed by atoms with Crippen molar-refractivity contribution in [3.8, 4) is 0 Å². The van der Waals surface area contributed by atoms with Crippen molar-refractivity contribution in [2.75, 3.05) is 0 Å². The van der Waals surface area contributed by atoms with Crippen LogP contribution in [0.5, 0.6) is 0 Å². The van der Waals surface area contributed by atoms with E-state index in [1.54, 1.807) is 6.26 Å². The summed E-state index contributed by atoms with van der Waals surface area (Å²) < 4.78 is 6.40. The van der Waals surface area contributed by atoms with Crippen LogP contribution in [0.2, 0.25) is 0 Å². The summed E-state index contributed by atoms with van der Waals surface area (Å²) in [7, 11) is 0. The van der Waals surface area contributed by atoms with Gasteiger partial charge in [0, 0.05) is 5.39 Å². The molecule has 1 aromatic heterocycles. The topological polar surface area (TPSA) is 13.1 Å². The molecule has 2 aromatic rings. The van der Waals surface area contributed by atoms with Crippen molar-refractivity contribution in [1.29, 1.82) is 0 Å². The maximum absolute atomic E-state index is 5.37. The Balaban J connectivity index is 2.66. The molecule has 2 heteroatoms. The molecular weight excluding hydrogens is 240 g/mol. The lowest BCUT2D eigenvalue weighted by Gasteiger charge is -2.18. The smallest absolute Gasteiger partial charge is 0.135 e. The standard InChI is InChI=1S/C12H13BrO/c1-12(2,3)8-4-5-11-9(6-8)10(13)7-14-11/h4-7H,1-3H3. The molecular formula is C12H13BrO. The molecule has 0 unspecified atom stereocenters. The number of hydrogen-bond donors (Lipinski definition) is 0. The van der Waals surface area contributed by atoms with Crippen LogP contribution in [-0.2, 0) is 5.41 Å². The predicted molar refractivity (Wildman–Crippen MR) is 62.6 cm³/mol. The third-order valence-electron chi connectivity index (χ3n) is 2.39. The number of hydrogen-bond acceptors (Lipinski definition) is 1. The van der Waals surface area contributed by atoms with Gasteiger partial charge in [0.25, 0.3) is 0 Å². The van der Waals surface area contributed by atoms with Crippen molar-refractivity contribution in [2.24, 2.45) is 0 Å². The number of halogens is 1. The molecule has 0 radical (unpaired) electrons. The third-order valence-corrected chi connectivity index (χ3v) is 3.01. The Kier molecular flexibility index (Phi) is 2.18. The Morgan fingerprint density at radius 3 is 2.57 bits per heavy atom. The number of rotatable bonds is 0. The van der Waals surface area contributed by atoms with Crippen molar-refractivity contribution in [3.05, 3.63) is 34.5 Å². The van der Waals surface area contributed by atoms with E-state index < -0.39 is 0 Å². The zero-order chi connectivity index (χ0) is 10.3. The molecule has 1 heterocycles. The van der Waals surface area contributed by atoms with Crippen LogP contribution in [0.1, 0.15) is 26.3 Å². The van der Waals surface area contributed by atoms with Crippen LogP contribution in [0.15, 0.2) is 33.4 Å². The van der Waals surface area contributed by atoms with Gasteiger partial charge in [-0.05, 0) is 39.0 Å². The molecule has 2 rings (SSSR count). The summed E-state index contributed by atoms with van der Waals surface area (Å²) in [5, 5.41) is 1.15. The monoisotopic (exact) mass is 252 g/mol. The molecule has 1 aromatic carbocycles. The van der Waals surface area contributed by atoms with Gasteiger partial charge in [0.1, 0.15) is 11.8 Å². The van der Waals surface area contributed by atoms with Gasteiger partial charge in [-0.2, -0.15) is 0 Å². The Bertz CT molecular complexity index is 463. The van der Waals surface area contributed by atoms with Gasteiger partial charge in [0.15, 0.2) is 0 Å². The average molecular weight is 253 g/mol. The van der Waals surface area contributed by atoms with Crippen LogP contribution in [0.3, 0.4) is 0 Å². The molecule has 0 saturated heterocycles. The molecule has 0 aliphatic carbocycles. The van der Waals surface area contributed by atoms with Crippen molar-refractivity contribution in [2.45, 2.75) is 26.2 Å². The molecule has 0 spiro atoms. The Morgan fingerprint density at radius 1 is 1.21 bits per heavy atom. The minimum absolute atomic E-state index is 0.185. The molecule has 0 aliphatic heterocycles. The largest absolute Gasteiger partial charge is 0.463 e. The molecule has 0 fully saturated rings. The minimum atomic E-state index is 0.185. The second-order valence-electron chi connectivity index (χ2n) is 4.54. The fraction of sp³-hybridized carbons (Fsp3) is 0.333. The SMILES string of the molecule is CC(C)(C)c1ccc2occ(Br)c2c1. The van der Waals surface area contributed by atoms with Crippen LogP contribution in [-0.4, -0.2) is 0 Å². The molecule has 0 saturated carbocycles. The number of benzene rings is 1. The second-order valence-corrected chi connectivity index (χ2v) is 5.40. The fourth-order valence-corrected chi connectivity index (χ4v) is 1.87. The summed E-state index contributed by atoms with van der Waals surface area (Å²) in [5.74, 6) is 0. The highest BCUT2D eigenvalue weighted by molar-refractivity contribution is 9.10. The molecule has 0 bridgehead atoms. The van der Waals surface area contributed by atoms with Gasteiger partial charge in [-0.3, -0.25) is 0 Å². The summed E-state index contributed by atoms with van der Waals surface area (Å²) in [6.07, 6.45) is 1.73. The first kappa shape index (κ1) is 9.78. The van der Waals surface area contributed by atoms with E-state index in [1.807, 2.05) is 6.07 Å². The first-order valence-electron chi connectivity index (χ1n) is 4.66. The van der Waals surface area contributed by atoms with E-state index in [9.17, 15) is 0 Å². The molecule has 14 heavy (non-hydrogen) atoms. The van der Waals surface area contributed by atoms with E-state index in [0.717, 1.165) is 15.4 Å². The van der Waals surface area contributed by atoms with Gasteiger partial charge in [-0.1, -0.05) is 26.8 Å². The molecule has 74 valence electrons. The predicted octanol–water partition coefficient (Wildman–Crippen LogP) is 4.49. The first-order valence-corrected chi connectivity index (χ1v) is 5.45. The maximum atomic E-state index is 5.37. The summed E-state index contributed by atoms with van der Waals surface area (Å²) in [6.45, 7) is 6.63. The van der Waals surface area contributed by atoms with Crippen LogP contribution >= 0.6 is 15.9 Å². The van der Waals surface area contributed by atoms with Gasteiger partial charge >= 0.3 is 0 Å². The van der Waals surface area contributed by atoms with Gasteiger partial charge in [0.2, 0.25) is 0 Å². The lowest BCUT2D eigenvalue weighted by molar-refractivity contribution is 0.589. The highest BCUT2D eigenvalue weighted by Crippen LogP contribution is 2.31.